The zero-order valence-electron chi connectivity index (χ0n) is 3.45. The molecule has 0 spiro atoms. The summed E-state index contributed by atoms with van der Waals surface area (Å²) in [6, 6.07) is 0. The van der Waals surface area contributed by atoms with Crippen LogP contribution in [0.3, 0.4) is 0 Å². The van der Waals surface area contributed by atoms with Gasteiger partial charge in [0, 0.05) is 0 Å². The third-order valence-electron chi connectivity index (χ3n) is 0. The van der Waals surface area contributed by atoms with Crippen LogP contribution in [0, 0.1) is 0 Å². The Bertz CT molecular complexity index is 8.00. The van der Waals surface area contributed by atoms with Crippen molar-refractivity contribution in [2.75, 3.05) is 0 Å². The van der Waals surface area contributed by atoms with E-state index in [1.165, 1.54) is 0 Å². The molecule has 0 aliphatic heterocycles. The van der Waals surface area contributed by atoms with Crippen LogP contribution in [-0.2, 0) is 18.4 Å². The quantitative estimate of drug-likeness (QED) is 0.447. The van der Waals surface area contributed by atoms with Crippen molar-refractivity contribution in [2.24, 2.45) is 0 Å². The van der Waals surface area contributed by atoms with Gasteiger partial charge in [-0.05, 0) is 0 Å². The Labute approximate surface area is 34.3 Å². The van der Waals surface area contributed by atoms with Gasteiger partial charge < -0.3 is 0 Å². The first-order valence-electron chi connectivity index (χ1n) is 1.34. The van der Waals surface area contributed by atoms with E-state index < -0.39 is 18.4 Å². The molecule has 0 bridgehead atoms. The molecular weight excluding hydrogens is 129 g/mol. The molecule has 0 radical (unpaired) electrons. The van der Waals surface area contributed by atoms with Crippen LogP contribution in [0.4, 0.5) is 0 Å². The van der Waals surface area contributed by atoms with Crippen LogP contribution in [0.1, 0.15) is 0 Å². The van der Waals surface area contributed by atoms with Crippen LogP contribution in [0.5, 0.6) is 0 Å². The molecule has 0 nitrogen and oxygen atoms in total. The van der Waals surface area contributed by atoms with Gasteiger partial charge in [-0.2, -0.15) is 0 Å². The third kappa shape index (κ3) is 15.1. The van der Waals surface area contributed by atoms with E-state index in [1.807, 2.05) is 0 Å². The molecule has 0 aromatic heterocycles. The molecule has 0 atom stereocenters. The zero-order chi connectivity index (χ0) is 3.58. The molecule has 4 heavy (non-hydrogen) atoms. The van der Waals surface area contributed by atoms with Crippen molar-refractivity contribution in [3.8, 4) is 0 Å². The predicted octanol–water partition coefficient (Wildman–Crippen LogP) is 1.75. The fourth-order valence-electron chi connectivity index (χ4n) is 0. The summed E-state index contributed by atoms with van der Waals surface area (Å²) < 4.78 is 0. The van der Waals surface area contributed by atoms with E-state index in [0.717, 1.165) is 0 Å². The van der Waals surface area contributed by atoms with Crippen molar-refractivity contribution in [1.29, 1.82) is 0 Å². The molecule has 0 aliphatic carbocycles. The van der Waals surface area contributed by atoms with Crippen LogP contribution in [-0.4, -0.2) is 0 Å². The summed E-state index contributed by atoms with van der Waals surface area (Å²) in [5.74, 6) is 0. The van der Waals surface area contributed by atoms with Gasteiger partial charge in [0.2, 0.25) is 0 Å². The normalized spacial score (nSPS) is 9.00. The summed E-state index contributed by atoms with van der Waals surface area (Å²) in [6.07, 6.45) is 0. The maximum absolute atomic E-state index is 2.35. The van der Waals surface area contributed by atoms with E-state index in [2.05, 4.69) is 15.4 Å². The second kappa shape index (κ2) is 2.01. The van der Waals surface area contributed by atoms with Crippen molar-refractivity contribution in [2.45, 2.75) is 15.4 Å². The zero-order valence-corrected chi connectivity index (χ0v) is 5.65. The number of hydrogen-bond acceptors (Lipinski definition) is 0. The van der Waals surface area contributed by atoms with Gasteiger partial charge in [0.15, 0.2) is 0 Å². The van der Waals surface area contributed by atoms with Gasteiger partial charge in [-0.1, -0.05) is 0 Å². The molecular formula is C3H9Nb. The van der Waals surface area contributed by atoms with Crippen LogP contribution >= 0.6 is 0 Å². The Morgan fingerprint density at radius 2 is 1.00 bits per heavy atom. The summed E-state index contributed by atoms with van der Waals surface area (Å²) in [4.78, 5) is 0. The summed E-state index contributed by atoms with van der Waals surface area (Å²) in [6.45, 7) is 0. The predicted molar refractivity (Wildman–Crippen MR) is 17.6 cm³/mol. The Hall–Kier alpha value is 0.740. The van der Waals surface area contributed by atoms with Crippen LogP contribution in [0.2, 0.25) is 15.4 Å². The van der Waals surface area contributed by atoms with Gasteiger partial charge in [0.05, 0.1) is 0 Å². The first-order chi connectivity index (χ1) is 1.73. The van der Waals surface area contributed by atoms with Gasteiger partial charge in [-0.15, -0.1) is 0 Å². The van der Waals surface area contributed by atoms with Crippen LogP contribution < -0.4 is 0 Å². The average Bonchev–Trinajstić information content (AvgIpc) is 0.811. The molecule has 0 saturated heterocycles. The van der Waals surface area contributed by atoms with Gasteiger partial charge in [-0.3, -0.25) is 0 Å². The summed E-state index contributed by atoms with van der Waals surface area (Å²) >= 11 is -0.450. The van der Waals surface area contributed by atoms with Gasteiger partial charge in [-0.25, -0.2) is 0 Å². The number of rotatable bonds is 0. The Kier molecular flexibility index (Phi) is 2.38. The molecule has 0 aromatic rings. The second-order valence-corrected chi connectivity index (χ2v) is 7.94. The summed E-state index contributed by atoms with van der Waals surface area (Å²) in [7, 11) is 0. The molecule has 0 aliphatic rings. The van der Waals surface area contributed by atoms with E-state index in [0.29, 0.717) is 0 Å². The SMILES string of the molecule is [CH3][Nb]([CH3])[CH3]. The molecule has 0 fully saturated rings. The van der Waals surface area contributed by atoms with Crippen molar-refractivity contribution >= 4 is 0 Å². The summed E-state index contributed by atoms with van der Waals surface area (Å²) in [5.41, 5.74) is 0. The third-order valence-corrected chi connectivity index (χ3v) is 0. The Balaban J connectivity index is 2.32. The van der Waals surface area contributed by atoms with Crippen molar-refractivity contribution in [3.63, 3.8) is 0 Å². The molecule has 0 saturated carbocycles. The topological polar surface area (TPSA) is 0 Å². The van der Waals surface area contributed by atoms with Crippen LogP contribution in [0.25, 0.3) is 0 Å². The molecule has 0 N–H and O–H groups in total. The first-order valence-corrected chi connectivity index (χ1v) is 7.94. The van der Waals surface area contributed by atoms with Gasteiger partial charge in [0.25, 0.3) is 0 Å². The standard InChI is InChI=1S/3CH3.Nb/h3*1H3;. The first kappa shape index (κ1) is 4.74. The van der Waals surface area contributed by atoms with E-state index in [9.17, 15) is 0 Å². The second-order valence-electron chi connectivity index (χ2n) is 1.34. The molecule has 1 heteroatoms. The molecule has 26 valence electrons. The summed E-state index contributed by atoms with van der Waals surface area (Å²) in [5, 5.41) is 7.05. The van der Waals surface area contributed by atoms with Crippen molar-refractivity contribution < 1.29 is 18.4 Å². The van der Waals surface area contributed by atoms with Crippen molar-refractivity contribution in [1.82, 2.24) is 0 Å². The minimum atomic E-state index is -0.450. The Morgan fingerprint density at radius 1 is 1.00 bits per heavy atom. The Morgan fingerprint density at radius 3 is 1.00 bits per heavy atom. The fraction of sp³-hybridized carbons (Fsp3) is 1.00. The average molecular weight is 138 g/mol. The minimum absolute atomic E-state index is 0.450. The van der Waals surface area contributed by atoms with Gasteiger partial charge >= 0.3 is 33.9 Å². The van der Waals surface area contributed by atoms with E-state index in [1.54, 1.807) is 0 Å². The maximum atomic E-state index is 2.35. The monoisotopic (exact) mass is 138 g/mol. The fourth-order valence-corrected chi connectivity index (χ4v) is 0. The van der Waals surface area contributed by atoms with Crippen molar-refractivity contribution in [3.05, 3.63) is 0 Å². The molecule has 0 aromatic carbocycles. The molecule has 0 heterocycles. The van der Waals surface area contributed by atoms with Gasteiger partial charge in [0.1, 0.15) is 0 Å². The molecule has 0 amide bonds. The molecule has 0 rings (SSSR count). The van der Waals surface area contributed by atoms with E-state index in [4.69, 9.17) is 0 Å². The number of hydrogen-bond donors (Lipinski definition) is 0. The molecule has 0 unspecified atom stereocenters. The van der Waals surface area contributed by atoms with E-state index >= 15 is 0 Å². The van der Waals surface area contributed by atoms with Crippen LogP contribution in [0.15, 0.2) is 0 Å². The van der Waals surface area contributed by atoms with E-state index in [-0.39, 0.29) is 0 Å².